The third-order valence-electron chi connectivity index (χ3n) is 4.24. The minimum atomic E-state index is 0. The van der Waals surface area contributed by atoms with Gasteiger partial charge in [-0.15, -0.1) is 0 Å². The summed E-state index contributed by atoms with van der Waals surface area (Å²) < 4.78 is 1.15. The summed E-state index contributed by atoms with van der Waals surface area (Å²) >= 11 is 0. The first-order chi connectivity index (χ1) is 9.75. The summed E-state index contributed by atoms with van der Waals surface area (Å²) in [6, 6.07) is 15.7. The Morgan fingerprint density at radius 1 is 0.714 bits per heavy atom. The van der Waals surface area contributed by atoms with Crippen molar-refractivity contribution in [2.75, 3.05) is 19.6 Å². The standard InChI is InChI=1S/C19H28N.BH3/c1-4-13-20(14-5-2,15-6-3)19-12-11-17-9-7-8-10-18(17)16-19;/h7-12,16H,4-6,13-15H2,1-3H3;1H3/q+1;. The summed E-state index contributed by atoms with van der Waals surface area (Å²) in [5.74, 6) is 0. The fraction of sp³-hybridized carbons (Fsp3) is 0.474. The number of quaternary nitrogens is 1. The van der Waals surface area contributed by atoms with E-state index in [2.05, 4.69) is 63.2 Å². The third kappa shape index (κ3) is 3.88. The van der Waals surface area contributed by atoms with E-state index in [1.165, 1.54) is 55.4 Å². The van der Waals surface area contributed by atoms with Crippen molar-refractivity contribution in [1.82, 2.24) is 4.48 Å². The van der Waals surface area contributed by atoms with Crippen LogP contribution >= 0.6 is 0 Å². The van der Waals surface area contributed by atoms with Crippen molar-refractivity contribution in [3.63, 3.8) is 0 Å². The van der Waals surface area contributed by atoms with Crippen LogP contribution in [0.3, 0.4) is 0 Å². The van der Waals surface area contributed by atoms with Gasteiger partial charge >= 0.3 is 0 Å². The van der Waals surface area contributed by atoms with Gasteiger partial charge < -0.3 is 0 Å². The first-order valence-corrected chi connectivity index (χ1v) is 8.11. The molecule has 21 heavy (non-hydrogen) atoms. The number of rotatable bonds is 7. The van der Waals surface area contributed by atoms with Gasteiger partial charge in [0.05, 0.1) is 28.0 Å². The van der Waals surface area contributed by atoms with E-state index in [1.807, 2.05) is 0 Å². The van der Waals surface area contributed by atoms with Crippen LogP contribution in [0, 0.1) is 0 Å². The highest BCUT2D eigenvalue weighted by molar-refractivity contribution is 5.85. The number of hydrogen-bond acceptors (Lipinski definition) is 0. The topological polar surface area (TPSA) is 0 Å². The largest absolute Gasteiger partial charge is 0.291 e. The zero-order chi connectivity index (χ0) is 14.4. The summed E-state index contributed by atoms with van der Waals surface area (Å²) in [7, 11) is 0. The van der Waals surface area contributed by atoms with Crippen molar-refractivity contribution >= 4 is 24.9 Å². The van der Waals surface area contributed by atoms with E-state index >= 15 is 0 Å². The lowest BCUT2D eigenvalue weighted by Gasteiger charge is -2.38. The van der Waals surface area contributed by atoms with Crippen LogP contribution in [0.1, 0.15) is 40.0 Å². The van der Waals surface area contributed by atoms with Gasteiger partial charge in [0.2, 0.25) is 0 Å². The molecule has 0 aliphatic rings. The molecule has 0 saturated heterocycles. The Hall–Kier alpha value is -1.28. The molecule has 2 rings (SSSR count). The molecule has 1 nitrogen and oxygen atoms in total. The number of nitrogens with zero attached hydrogens (tertiary/aromatic N) is 1. The van der Waals surface area contributed by atoms with Gasteiger partial charge in [-0.3, -0.25) is 4.48 Å². The lowest BCUT2D eigenvalue weighted by atomic mass is 10.1. The molecule has 0 atom stereocenters. The predicted molar refractivity (Wildman–Crippen MR) is 101 cm³/mol. The highest BCUT2D eigenvalue weighted by atomic mass is 15.4. The Kier molecular flexibility index (Phi) is 6.97. The molecule has 2 aromatic rings. The Labute approximate surface area is 132 Å². The first kappa shape index (κ1) is 17.8. The predicted octanol–water partition coefficient (Wildman–Crippen LogP) is 4.19. The first-order valence-electron chi connectivity index (χ1n) is 8.11. The van der Waals surface area contributed by atoms with E-state index in [0.717, 1.165) is 4.48 Å². The van der Waals surface area contributed by atoms with E-state index in [1.54, 1.807) is 0 Å². The Bertz CT molecular complexity index is 533. The van der Waals surface area contributed by atoms with Crippen molar-refractivity contribution in [1.29, 1.82) is 0 Å². The van der Waals surface area contributed by atoms with Gasteiger partial charge in [0.1, 0.15) is 5.69 Å². The molecule has 0 heterocycles. The van der Waals surface area contributed by atoms with Crippen LogP contribution in [-0.4, -0.2) is 28.0 Å². The molecule has 0 unspecified atom stereocenters. The molecule has 0 radical (unpaired) electrons. The van der Waals surface area contributed by atoms with Crippen molar-refractivity contribution in [2.45, 2.75) is 40.0 Å². The molecule has 2 heteroatoms. The lowest BCUT2D eigenvalue weighted by molar-refractivity contribution is 0.273. The highest BCUT2D eigenvalue weighted by Crippen LogP contribution is 2.29. The minimum Gasteiger partial charge on any atom is -0.291 e. The van der Waals surface area contributed by atoms with Crippen LogP contribution in [0.25, 0.3) is 10.8 Å². The van der Waals surface area contributed by atoms with Crippen molar-refractivity contribution in [3.05, 3.63) is 42.5 Å². The van der Waals surface area contributed by atoms with Crippen LogP contribution in [0.5, 0.6) is 0 Å². The van der Waals surface area contributed by atoms with Gasteiger partial charge in [-0.25, -0.2) is 0 Å². The fourth-order valence-electron chi connectivity index (χ4n) is 3.48. The SMILES string of the molecule is B.CCC[N+](CCC)(CCC)c1ccc2ccccc2c1. The van der Waals surface area contributed by atoms with Crippen LogP contribution in [0.15, 0.2) is 42.5 Å². The summed E-state index contributed by atoms with van der Waals surface area (Å²) in [5.41, 5.74) is 1.49. The number of benzene rings is 2. The fourth-order valence-corrected chi connectivity index (χ4v) is 3.48. The average molecular weight is 284 g/mol. The smallest absolute Gasteiger partial charge is 0.133 e. The molecule has 0 aliphatic heterocycles. The number of fused-ring (bicyclic) bond motifs is 1. The minimum absolute atomic E-state index is 0. The highest BCUT2D eigenvalue weighted by Gasteiger charge is 2.27. The molecule has 0 fully saturated rings. The van der Waals surface area contributed by atoms with E-state index in [-0.39, 0.29) is 8.41 Å². The van der Waals surface area contributed by atoms with Crippen LogP contribution in [-0.2, 0) is 0 Å². The third-order valence-corrected chi connectivity index (χ3v) is 4.24. The normalized spacial score (nSPS) is 11.4. The quantitative estimate of drug-likeness (QED) is 0.528. The van der Waals surface area contributed by atoms with Crippen molar-refractivity contribution in [2.24, 2.45) is 0 Å². The van der Waals surface area contributed by atoms with Crippen LogP contribution in [0.4, 0.5) is 5.69 Å². The van der Waals surface area contributed by atoms with Crippen molar-refractivity contribution < 1.29 is 0 Å². The monoisotopic (exact) mass is 284 g/mol. The van der Waals surface area contributed by atoms with Crippen molar-refractivity contribution in [3.8, 4) is 0 Å². The second kappa shape index (κ2) is 8.24. The van der Waals surface area contributed by atoms with E-state index in [0.29, 0.717) is 0 Å². The summed E-state index contributed by atoms with van der Waals surface area (Å²) in [6.07, 6.45) is 3.73. The molecule has 0 aliphatic carbocycles. The molecule has 0 bridgehead atoms. The zero-order valence-corrected chi connectivity index (χ0v) is 13.2. The molecule has 0 N–H and O–H groups in total. The van der Waals surface area contributed by atoms with Gasteiger partial charge in [0.15, 0.2) is 0 Å². The number of hydrogen-bond donors (Lipinski definition) is 0. The summed E-state index contributed by atoms with van der Waals surface area (Å²) in [6.45, 7) is 10.7. The molecule has 2 aromatic carbocycles. The molecule has 114 valence electrons. The van der Waals surface area contributed by atoms with Gasteiger partial charge in [-0.2, -0.15) is 0 Å². The Balaban J connectivity index is 0.00000220. The lowest BCUT2D eigenvalue weighted by Crippen LogP contribution is -2.51. The average Bonchev–Trinajstić information content (AvgIpc) is 2.47. The van der Waals surface area contributed by atoms with Crippen LogP contribution < -0.4 is 4.48 Å². The molecular formula is C19H31BN+. The summed E-state index contributed by atoms with van der Waals surface area (Å²) in [5, 5.41) is 2.72. The second-order valence-corrected chi connectivity index (χ2v) is 5.85. The Morgan fingerprint density at radius 2 is 1.24 bits per heavy atom. The van der Waals surface area contributed by atoms with Gasteiger partial charge in [-0.05, 0) is 42.2 Å². The molecule has 0 amide bonds. The van der Waals surface area contributed by atoms with E-state index in [9.17, 15) is 0 Å². The maximum atomic E-state index is 2.41. The van der Waals surface area contributed by atoms with Gasteiger partial charge in [0.25, 0.3) is 0 Å². The van der Waals surface area contributed by atoms with Gasteiger partial charge in [0, 0.05) is 6.07 Å². The second-order valence-electron chi connectivity index (χ2n) is 5.85. The van der Waals surface area contributed by atoms with Crippen LogP contribution in [0.2, 0.25) is 0 Å². The molecule has 0 saturated carbocycles. The maximum Gasteiger partial charge on any atom is 0.133 e. The molecule has 0 spiro atoms. The van der Waals surface area contributed by atoms with E-state index in [4.69, 9.17) is 0 Å². The summed E-state index contributed by atoms with van der Waals surface area (Å²) in [4.78, 5) is 0. The maximum absolute atomic E-state index is 2.41. The molecule has 0 aromatic heterocycles. The van der Waals surface area contributed by atoms with E-state index < -0.39 is 0 Å². The zero-order valence-electron chi connectivity index (χ0n) is 13.2. The Morgan fingerprint density at radius 3 is 1.76 bits per heavy atom. The molecular weight excluding hydrogens is 253 g/mol. The van der Waals surface area contributed by atoms with Gasteiger partial charge in [-0.1, -0.05) is 45.0 Å².